The molecule has 0 heteroatoms. The number of rotatable bonds is 2. The van der Waals surface area contributed by atoms with Gasteiger partial charge in [0.15, 0.2) is 0 Å². The van der Waals surface area contributed by atoms with E-state index in [1.54, 1.807) is 6.42 Å². The highest BCUT2D eigenvalue weighted by Gasteiger charge is 2.54. The van der Waals surface area contributed by atoms with Crippen molar-refractivity contribution in [1.82, 2.24) is 0 Å². The van der Waals surface area contributed by atoms with Crippen LogP contribution in [0, 0.1) is 29.6 Å². The lowest BCUT2D eigenvalue weighted by Gasteiger charge is -2.27. The molecule has 2 rings (SSSR count). The normalized spacial score (nSPS) is 51.8. The second-order valence-corrected chi connectivity index (χ2v) is 4.94. The standard InChI is InChI=1S/C12H22/c1-4-9-8(3)6-7-11-10(5-2)12(9)11/h8-12H,4-7H2,1-3H3. The zero-order chi connectivity index (χ0) is 8.72. The molecule has 0 aliphatic heterocycles. The van der Waals surface area contributed by atoms with E-state index in [2.05, 4.69) is 20.8 Å². The van der Waals surface area contributed by atoms with Gasteiger partial charge in [0.05, 0.1) is 0 Å². The largest absolute Gasteiger partial charge is 0.0651 e. The van der Waals surface area contributed by atoms with Gasteiger partial charge in [-0.05, 0) is 36.0 Å². The molecule has 2 aliphatic carbocycles. The molecular weight excluding hydrogens is 144 g/mol. The van der Waals surface area contributed by atoms with Gasteiger partial charge in [-0.15, -0.1) is 0 Å². The highest BCUT2D eigenvalue weighted by molar-refractivity contribution is 5.03. The third kappa shape index (κ3) is 1.11. The molecule has 0 aromatic heterocycles. The van der Waals surface area contributed by atoms with Gasteiger partial charge in [-0.2, -0.15) is 0 Å². The molecule has 0 saturated heterocycles. The Morgan fingerprint density at radius 2 is 1.67 bits per heavy atom. The Balaban J connectivity index is 2.01. The van der Waals surface area contributed by atoms with E-state index in [-0.39, 0.29) is 0 Å². The zero-order valence-electron chi connectivity index (χ0n) is 8.72. The monoisotopic (exact) mass is 166 g/mol. The van der Waals surface area contributed by atoms with Crippen molar-refractivity contribution in [2.24, 2.45) is 29.6 Å². The average molecular weight is 166 g/mol. The summed E-state index contributed by atoms with van der Waals surface area (Å²) in [6.07, 6.45) is 5.93. The number of fused-ring (bicyclic) bond motifs is 1. The molecule has 5 unspecified atom stereocenters. The maximum Gasteiger partial charge on any atom is -0.0321 e. The first-order valence-electron chi connectivity index (χ1n) is 5.79. The van der Waals surface area contributed by atoms with Crippen LogP contribution in [0.15, 0.2) is 0 Å². The highest BCUT2D eigenvalue weighted by Crippen LogP contribution is 2.61. The molecule has 0 amide bonds. The van der Waals surface area contributed by atoms with E-state index in [9.17, 15) is 0 Å². The van der Waals surface area contributed by atoms with E-state index in [1.807, 2.05) is 0 Å². The predicted octanol–water partition coefficient (Wildman–Crippen LogP) is 3.71. The van der Waals surface area contributed by atoms with Crippen LogP contribution in [0.2, 0.25) is 0 Å². The summed E-state index contributed by atoms with van der Waals surface area (Å²) in [7, 11) is 0. The molecule has 0 aromatic carbocycles. The third-order valence-electron chi connectivity index (χ3n) is 4.52. The van der Waals surface area contributed by atoms with Crippen molar-refractivity contribution >= 4 is 0 Å². The van der Waals surface area contributed by atoms with E-state index in [0.717, 1.165) is 29.6 Å². The molecule has 2 aliphatic rings. The maximum absolute atomic E-state index is 2.47. The molecule has 0 aromatic rings. The first-order valence-corrected chi connectivity index (χ1v) is 5.79. The maximum atomic E-state index is 2.47. The van der Waals surface area contributed by atoms with Crippen molar-refractivity contribution in [3.8, 4) is 0 Å². The summed E-state index contributed by atoms with van der Waals surface area (Å²) in [5.41, 5.74) is 0. The van der Waals surface area contributed by atoms with E-state index in [4.69, 9.17) is 0 Å². The van der Waals surface area contributed by atoms with Crippen molar-refractivity contribution in [3.05, 3.63) is 0 Å². The van der Waals surface area contributed by atoms with E-state index in [1.165, 1.54) is 19.3 Å². The van der Waals surface area contributed by atoms with Gasteiger partial charge in [-0.1, -0.05) is 40.0 Å². The van der Waals surface area contributed by atoms with Gasteiger partial charge in [0.2, 0.25) is 0 Å². The van der Waals surface area contributed by atoms with Crippen LogP contribution in [0.25, 0.3) is 0 Å². The van der Waals surface area contributed by atoms with Gasteiger partial charge in [0, 0.05) is 0 Å². The minimum absolute atomic E-state index is 1.02. The minimum Gasteiger partial charge on any atom is -0.0651 e. The van der Waals surface area contributed by atoms with Crippen LogP contribution < -0.4 is 0 Å². The fraction of sp³-hybridized carbons (Fsp3) is 1.00. The first-order chi connectivity index (χ1) is 5.79. The summed E-state index contributed by atoms with van der Waals surface area (Å²) >= 11 is 0. The molecule has 0 heterocycles. The molecule has 0 spiro atoms. The Morgan fingerprint density at radius 1 is 1.00 bits per heavy atom. The third-order valence-corrected chi connectivity index (χ3v) is 4.52. The fourth-order valence-corrected chi connectivity index (χ4v) is 3.81. The number of hydrogen-bond acceptors (Lipinski definition) is 0. The highest BCUT2D eigenvalue weighted by atomic mass is 14.6. The van der Waals surface area contributed by atoms with Crippen molar-refractivity contribution in [2.75, 3.05) is 0 Å². The van der Waals surface area contributed by atoms with Gasteiger partial charge in [0.1, 0.15) is 0 Å². The van der Waals surface area contributed by atoms with Crippen LogP contribution in [-0.4, -0.2) is 0 Å². The second kappa shape index (κ2) is 3.05. The Bertz CT molecular complexity index is 157. The van der Waals surface area contributed by atoms with Gasteiger partial charge in [-0.3, -0.25) is 0 Å². The summed E-state index contributed by atoms with van der Waals surface area (Å²) in [5, 5.41) is 0. The summed E-state index contributed by atoms with van der Waals surface area (Å²) in [4.78, 5) is 0. The SMILES string of the molecule is CCC1C(C)CCC2C(CC)C12. The van der Waals surface area contributed by atoms with Crippen LogP contribution in [0.4, 0.5) is 0 Å². The first kappa shape index (κ1) is 8.59. The second-order valence-electron chi connectivity index (χ2n) is 4.94. The van der Waals surface area contributed by atoms with Gasteiger partial charge < -0.3 is 0 Å². The lowest BCUT2D eigenvalue weighted by Crippen LogP contribution is -2.18. The molecule has 2 saturated carbocycles. The smallest absolute Gasteiger partial charge is 0.0321 e. The van der Waals surface area contributed by atoms with Crippen molar-refractivity contribution in [3.63, 3.8) is 0 Å². The molecule has 5 atom stereocenters. The quantitative estimate of drug-likeness (QED) is 0.586. The molecule has 12 heavy (non-hydrogen) atoms. The Morgan fingerprint density at radius 3 is 2.25 bits per heavy atom. The minimum atomic E-state index is 1.02. The summed E-state index contributed by atoms with van der Waals surface area (Å²) in [5.74, 6) is 5.52. The van der Waals surface area contributed by atoms with Crippen LogP contribution in [0.5, 0.6) is 0 Å². The van der Waals surface area contributed by atoms with E-state index < -0.39 is 0 Å². The topological polar surface area (TPSA) is 0 Å². The molecule has 0 nitrogen and oxygen atoms in total. The van der Waals surface area contributed by atoms with Crippen molar-refractivity contribution < 1.29 is 0 Å². The van der Waals surface area contributed by atoms with Crippen molar-refractivity contribution in [2.45, 2.75) is 46.5 Å². The van der Waals surface area contributed by atoms with Gasteiger partial charge in [-0.25, -0.2) is 0 Å². The van der Waals surface area contributed by atoms with Gasteiger partial charge in [0.25, 0.3) is 0 Å². The molecule has 0 N–H and O–H groups in total. The summed E-state index contributed by atoms with van der Waals surface area (Å²) < 4.78 is 0. The van der Waals surface area contributed by atoms with Crippen LogP contribution in [-0.2, 0) is 0 Å². The Kier molecular flexibility index (Phi) is 2.18. The Labute approximate surface area is 76.7 Å². The van der Waals surface area contributed by atoms with Crippen molar-refractivity contribution in [1.29, 1.82) is 0 Å². The molecule has 0 radical (unpaired) electrons. The predicted molar refractivity (Wildman–Crippen MR) is 52.9 cm³/mol. The summed E-state index contributed by atoms with van der Waals surface area (Å²) in [6.45, 7) is 7.23. The fourth-order valence-electron chi connectivity index (χ4n) is 3.81. The van der Waals surface area contributed by atoms with Crippen LogP contribution in [0.3, 0.4) is 0 Å². The van der Waals surface area contributed by atoms with E-state index in [0.29, 0.717) is 0 Å². The molecule has 0 bridgehead atoms. The van der Waals surface area contributed by atoms with Crippen LogP contribution in [0.1, 0.15) is 46.5 Å². The molecule has 70 valence electrons. The van der Waals surface area contributed by atoms with E-state index >= 15 is 0 Å². The lowest BCUT2D eigenvalue weighted by molar-refractivity contribution is 0.229. The van der Waals surface area contributed by atoms with Crippen LogP contribution >= 0.6 is 0 Å². The zero-order valence-corrected chi connectivity index (χ0v) is 8.72. The van der Waals surface area contributed by atoms with Gasteiger partial charge >= 0.3 is 0 Å². The lowest BCUT2D eigenvalue weighted by atomic mass is 9.79. The summed E-state index contributed by atoms with van der Waals surface area (Å²) in [6, 6.07) is 0. The number of hydrogen-bond donors (Lipinski definition) is 0. The average Bonchev–Trinajstić information content (AvgIpc) is 2.77. The molecular formula is C12H22. The molecule has 2 fully saturated rings. The Hall–Kier alpha value is 0.